The second kappa shape index (κ2) is 16.8. The first-order valence-electron chi connectivity index (χ1n) is 21.4. The Labute approximate surface area is 359 Å². The molecular weight excluding hydrogens is 785 g/mol. The van der Waals surface area contributed by atoms with Crippen LogP contribution >= 0.6 is 0 Å². The normalized spacial score (nSPS) is 18.0. The number of ether oxygens (including phenoxy) is 1. The number of nitrogens with one attached hydrogen (secondary N) is 4. The summed E-state index contributed by atoms with van der Waals surface area (Å²) in [6.07, 6.45) is 4.73. The van der Waals surface area contributed by atoms with Gasteiger partial charge in [0, 0.05) is 24.2 Å². The van der Waals surface area contributed by atoms with Crippen molar-refractivity contribution in [3.05, 3.63) is 120 Å². The summed E-state index contributed by atoms with van der Waals surface area (Å²) in [5, 5.41) is 16.7. The quantitative estimate of drug-likeness (QED) is 0.0916. The van der Waals surface area contributed by atoms with Crippen molar-refractivity contribution in [2.24, 2.45) is 5.92 Å². The van der Waals surface area contributed by atoms with Gasteiger partial charge in [-0.15, -0.1) is 0 Å². The molecule has 4 atom stereocenters. The number of fused-ring (bicyclic) bond motifs is 4. The van der Waals surface area contributed by atoms with Gasteiger partial charge in [0.25, 0.3) is 5.91 Å². The minimum absolute atomic E-state index is 0.188. The van der Waals surface area contributed by atoms with E-state index in [1.165, 1.54) is 12.7 Å². The number of benzene rings is 4. The van der Waals surface area contributed by atoms with E-state index in [9.17, 15) is 24.3 Å². The zero-order chi connectivity index (χ0) is 43.1. The van der Waals surface area contributed by atoms with Crippen LogP contribution in [0.25, 0.3) is 44.4 Å². The maximum Gasteiger partial charge on any atom is 0.407 e. The molecule has 14 heteroatoms. The molecule has 5 N–H and O–H groups in total. The predicted octanol–water partition coefficient (Wildman–Crippen LogP) is 8.10. The molecule has 62 heavy (non-hydrogen) atoms. The van der Waals surface area contributed by atoms with Crippen LogP contribution in [-0.2, 0) is 27.2 Å². The average Bonchev–Trinajstić information content (AvgIpc) is 4.13. The first kappa shape index (κ1) is 40.4. The number of likely N-dealkylation sites (tertiary alicyclic amines) is 2. The van der Waals surface area contributed by atoms with Crippen LogP contribution in [0, 0.1) is 5.92 Å². The Morgan fingerprint density at radius 3 is 2.15 bits per heavy atom. The molecule has 1 aliphatic carbocycles. The summed E-state index contributed by atoms with van der Waals surface area (Å²) in [4.78, 5) is 71.7. The van der Waals surface area contributed by atoms with E-state index in [4.69, 9.17) is 14.7 Å². The van der Waals surface area contributed by atoms with E-state index in [0.29, 0.717) is 24.5 Å². The Balaban J connectivity index is 0.912. The molecule has 9 rings (SSSR count). The fourth-order valence-electron chi connectivity index (χ4n) is 9.44. The van der Waals surface area contributed by atoms with Gasteiger partial charge < -0.3 is 40.2 Å². The van der Waals surface area contributed by atoms with Crippen LogP contribution in [0.3, 0.4) is 0 Å². The minimum atomic E-state index is -1.21. The van der Waals surface area contributed by atoms with Gasteiger partial charge in [-0.1, -0.05) is 86.6 Å². The summed E-state index contributed by atoms with van der Waals surface area (Å²) in [5.74, 6) is 0.856. The monoisotopic (exact) mass is 834 g/mol. The maximum atomic E-state index is 14.1. The van der Waals surface area contributed by atoms with E-state index in [2.05, 4.69) is 75.2 Å². The van der Waals surface area contributed by atoms with Gasteiger partial charge in [0.1, 0.15) is 23.7 Å². The predicted molar refractivity (Wildman–Crippen MR) is 234 cm³/mol. The molecule has 6 aromatic rings. The van der Waals surface area contributed by atoms with Gasteiger partial charge in [-0.25, -0.2) is 19.6 Å². The Hall–Kier alpha value is -6.96. The molecule has 0 unspecified atom stereocenters. The van der Waals surface area contributed by atoms with Crippen LogP contribution in [-0.4, -0.2) is 85.1 Å². The van der Waals surface area contributed by atoms with E-state index < -0.39 is 24.3 Å². The second-order valence-electron chi connectivity index (χ2n) is 16.8. The summed E-state index contributed by atoms with van der Waals surface area (Å²) in [6, 6.07) is 26.5. The van der Waals surface area contributed by atoms with Crippen LogP contribution in [0.15, 0.2) is 91.1 Å². The number of aromatic amines is 2. The van der Waals surface area contributed by atoms with E-state index in [1.807, 2.05) is 49.1 Å². The molecule has 318 valence electrons. The topological polar surface area (TPSA) is 186 Å². The number of nitrogens with zero attached hydrogens (tertiary/aromatic N) is 4. The lowest BCUT2D eigenvalue weighted by molar-refractivity contribution is -0.135. The third kappa shape index (κ3) is 7.76. The molecule has 3 aliphatic rings. The Kier molecular flexibility index (Phi) is 11.0. The molecule has 2 aliphatic heterocycles. The Bertz CT molecular complexity index is 2670. The third-order valence-electron chi connectivity index (χ3n) is 12.6. The molecule has 4 amide bonds. The number of amides is 4. The lowest BCUT2D eigenvalue weighted by Crippen LogP contribution is -2.50. The van der Waals surface area contributed by atoms with Crippen molar-refractivity contribution in [3.8, 4) is 33.6 Å². The number of imidazole rings is 2. The lowest BCUT2D eigenvalue weighted by Gasteiger charge is -2.29. The molecule has 4 aromatic carbocycles. The Morgan fingerprint density at radius 1 is 0.774 bits per heavy atom. The van der Waals surface area contributed by atoms with Gasteiger partial charge in [-0.3, -0.25) is 9.59 Å². The zero-order valence-corrected chi connectivity index (χ0v) is 35.0. The van der Waals surface area contributed by atoms with E-state index >= 15 is 0 Å². The van der Waals surface area contributed by atoms with Gasteiger partial charge in [0.15, 0.2) is 0 Å². The summed E-state index contributed by atoms with van der Waals surface area (Å²) in [6.45, 7) is 4.79. The van der Waals surface area contributed by atoms with Crippen LogP contribution < -0.4 is 10.6 Å². The highest BCUT2D eigenvalue weighted by Crippen LogP contribution is 2.40. The summed E-state index contributed by atoms with van der Waals surface area (Å²) in [5.41, 5.74) is 9.11. The van der Waals surface area contributed by atoms with E-state index in [1.54, 1.807) is 11.1 Å². The second-order valence-corrected chi connectivity index (χ2v) is 16.8. The van der Waals surface area contributed by atoms with Crippen molar-refractivity contribution >= 4 is 34.8 Å². The van der Waals surface area contributed by atoms with Crippen LogP contribution in [0.5, 0.6) is 0 Å². The SMILES string of the molecule is COC(=O)N[C@@H](C(=O)N1CCC[C@H]1c1nc2c([nH]1)-c1ccc(-c3ccc4cc(-c5cnc([C@@H]6CCCN6C(=O)[C@@H](NC(=O)O)C(C)C)[nH]5)ccc4c3)cc1CC2)c1ccccc1. The van der Waals surface area contributed by atoms with Crippen molar-refractivity contribution in [1.29, 1.82) is 0 Å². The van der Waals surface area contributed by atoms with Gasteiger partial charge in [0.05, 0.1) is 42.5 Å². The number of hydrogen-bond donors (Lipinski definition) is 5. The van der Waals surface area contributed by atoms with Gasteiger partial charge in [-0.2, -0.15) is 0 Å². The zero-order valence-electron chi connectivity index (χ0n) is 35.0. The number of carbonyl (C=O) groups excluding carboxylic acids is 3. The van der Waals surface area contributed by atoms with Crippen molar-refractivity contribution in [1.82, 2.24) is 40.4 Å². The molecule has 14 nitrogen and oxygen atoms in total. The van der Waals surface area contributed by atoms with Crippen molar-refractivity contribution in [2.75, 3.05) is 20.2 Å². The molecule has 4 heterocycles. The fraction of sp³-hybridized carbons (Fsp3) is 0.333. The molecule has 0 bridgehead atoms. The smallest absolute Gasteiger partial charge is 0.407 e. The highest BCUT2D eigenvalue weighted by atomic mass is 16.5. The number of alkyl carbamates (subject to hydrolysis) is 1. The van der Waals surface area contributed by atoms with Crippen molar-refractivity contribution in [3.63, 3.8) is 0 Å². The van der Waals surface area contributed by atoms with Gasteiger partial charge in [0.2, 0.25) is 5.91 Å². The number of hydrogen-bond acceptors (Lipinski definition) is 7. The van der Waals surface area contributed by atoms with Crippen molar-refractivity contribution < 1.29 is 29.0 Å². The number of aromatic nitrogens is 4. The highest BCUT2D eigenvalue weighted by Gasteiger charge is 2.39. The number of aryl methyl sites for hydroxylation is 2. The van der Waals surface area contributed by atoms with Crippen molar-refractivity contribution in [2.45, 2.75) is 76.5 Å². The molecule has 0 radical (unpaired) electrons. The first-order valence-corrected chi connectivity index (χ1v) is 21.4. The van der Waals surface area contributed by atoms with Crippen LogP contribution in [0.4, 0.5) is 9.59 Å². The first-order chi connectivity index (χ1) is 30.1. The van der Waals surface area contributed by atoms with Crippen LogP contribution in [0.2, 0.25) is 0 Å². The average molecular weight is 835 g/mol. The summed E-state index contributed by atoms with van der Waals surface area (Å²) in [7, 11) is 1.29. The van der Waals surface area contributed by atoms with Crippen LogP contribution in [0.1, 0.15) is 86.1 Å². The van der Waals surface area contributed by atoms with E-state index in [-0.39, 0.29) is 29.8 Å². The number of carbonyl (C=O) groups is 4. The van der Waals surface area contributed by atoms with Gasteiger partial charge in [-0.05, 0) is 89.6 Å². The molecule has 2 fully saturated rings. The maximum absolute atomic E-state index is 14.1. The number of rotatable bonds is 10. The van der Waals surface area contributed by atoms with Gasteiger partial charge >= 0.3 is 12.2 Å². The molecular formula is C48H50N8O6. The molecule has 0 spiro atoms. The number of carboxylic acid groups (broad SMARTS) is 1. The minimum Gasteiger partial charge on any atom is -0.465 e. The number of methoxy groups -OCH3 is 1. The molecule has 2 saturated heterocycles. The number of H-pyrrole nitrogens is 2. The fourth-order valence-corrected chi connectivity index (χ4v) is 9.44. The summed E-state index contributed by atoms with van der Waals surface area (Å²) >= 11 is 0. The largest absolute Gasteiger partial charge is 0.465 e. The molecule has 2 aromatic heterocycles. The Morgan fingerprint density at radius 2 is 1.44 bits per heavy atom. The molecule has 0 saturated carbocycles. The summed E-state index contributed by atoms with van der Waals surface area (Å²) < 4.78 is 4.86. The standard InChI is InChI=1S/C48H50N8O6/c1-27(2)40(53-47(59)60)45(57)55-21-7-11-38(55)43-49-26-37(51-43)34-16-15-30-23-29(13-14-31(30)25-34)32-17-19-35-33(24-32)18-20-36-42(35)52-44(50-36)39-12-8-22-56(39)46(58)41(54-48(61)62-3)28-9-5-4-6-10-28/h4-6,9-10,13-17,19,23-27,38-41,53H,7-8,11-12,18,20-22H2,1-3H3,(H,49,51)(H,50,52)(H,54,61)(H,59,60)/t38-,39-,40-,41+/m0/s1. The highest BCUT2D eigenvalue weighted by molar-refractivity contribution is 5.91. The third-order valence-corrected chi connectivity index (χ3v) is 12.6. The van der Waals surface area contributed by atoms with E-state index in [0.717, 1.165) is 94.5 Å². The lowest BCUT2D eigenvalue weighted by atomic mass is 9.89.